The molecule has 2 saturated carbocycles. The van der Waals surface area contributed by atoms with E-state index in [1.807, 2.05) is 6.92 Å². The van der Waals surface area contributed by atoms with Gasteiger partial charge < -0.3 is 10.3 Å². The number of nitriles is 1. The summed E-state index contributed by atoms with van der Waals surface area (Å²) < 4.78 is 0. The van der Waals surface area contributed by atoms with Crippen molar-refractivity contribution in [2.75, 3.05) is 0 Å². The van der Waals surface area contributed by atoms with Gasteiger partial charge in [0.2, 0.25) is 0 Å². The molecule has 25 heavy (non-hydrogen) atoms. The van der Waals surface area contributed by atoms with E-state index < -0.39 is 5.41 Å². The van der Waals surface area contributed by atoms with E-state index in [4.69, 9.17) is 0 Å². The Labute approximate surface area is 147 Å². The van der Waals surface area contributed by atoms with Gasteiger partial charge in [-0.05, 0) is 32.6 Å². The van der Waals surface area contributed by atoms with Gasteiger partial charge in [0.15, 0.2) is 5.65 Å². The van der Waals surface area contributed by atoms with Crippen LogP contribution in [0.1, 0.15) is 73.8 Å². The van der Waals surface area contributed by atoms with Crippen LogP contribution >= 0.6 is 0 Å². The van der Waals surface area contributed by atoms with Crippen LogP contribution in [0.15, 0.2) is 12.4 Å². The van der Waals surface area contributed by atoms with Crippen LogP contribution in [0.4, 0.5) is 0 Å². The summed E-state index contributed by atoms with van der Waals surface area (Å²) >= 11 is 0. The zero-order valence-electron chi connectivity index (χ0n) is 14.5. The van der Waals surface area contributed by atoms with E-state index in [0.717, 1.165) is 44.2 Å². The van der Waals surface area contributed by atoms with Gasteiger partial charge in [0, 0.05) is 18.2 Å². The predicted molar refractivity (Wildman–Crippen MR) is 93.9 cm³/mol. The number of aromatic nitrogens is 3. The van der Waals surface area contributed by atoms with E-state index in [2.05, 4.69) is 26.3 Å². The van der Waals surface area contributed by atoms with Gasteiger partial charge in [-0.1, -0.05) is 19.3 Å². The average molecular weight is 337 g/mol. The van der Waals surface area contributed by atoms with Crippen molar-refractivity contribution in [1.29, 1.82) is 5.26 Å². The van der Waals surface area contributed by atoms with E-state index in [1.165, 1.54) is 6.42 Å². The topological polar surface area (TPSA) is 94.5 Å². The molecule has 2 heterocycles. The molecule has 0 spiro atoms. The van der Waals surface area contributed by atoms with Crippen LogP contribution in [0.25, 0.3) is 11.2 Å². The van der Waals surface area contributed by atoms with Crippen LogP contribution in [0.2, 0.25) is 0 Å². The highest BCUT2D eigenvalue weighted by atomic mass is 16.1. The number of nitrogens with zero attached hydrogens (tertiary/aromatic N) is 3. The normalized spacial score (nSPS) is 20.8. The standard InChI is InChI=1S/C19H23N5O/c1-12(19(11-20)7-3-2-4-8-19)23-18(25)14-9-21-17-16(14)24-15(10-22-17)13-5-6-13/h9-10,12-13H,2-8H2,1H3,(H,21,22)(H,23,25)/t12-/m1/s1. The Hall–Kier alpha value is -2.42. The van der Waals surface area contributed by atoms with E-state index in [0.29, 0.717) is 22.6 Å². The van der Waals surface area contributed by atoms with Gasteiger partial charge in [0.25, 0.3) is 5.91 Å². The number of H-pyrrole nitrogens is 1. The quantitative estimate of drug-likeness (QED) is 0.893. The molecule has 1 amide bonds. The third-order valence-corrected chi connectivity index (χ3v) is 5.78. The lowest BCUT2D eigenvalue weighted by molar-refractivity contribution is 0.0893. The molecule has 1 atom stereocenters. The van der Waals surface area contributed by atoms with Gasteiger partial charge >= 0.3 is 0 Å². The lowest BCUT2D eigenvalue weighted by Crippen LogP contribution is -2.46. The molecule has 2 aromatic heterocycles. The van der Waals surface area contributed by atoms with Crippen LogP contribution in [-0.2, 0) is 0 Å². The minimum absolute atomic E-state index is 0.179. The Morgan fingerprint density at radius 2 is 2.16 bits per heavy atom. The summed E-state index contributed by atoms with van der Waals surface area (Å²) in [5.74, 6) is 0.312. The van der Waals surface area contributed by atoms with Crippen molar-refractivity contribution >= 4 is 17.1 Å². The fourth-order valence-electron chi connectivity index (χ4n) is 3.89. The maximum absolute atomic E-state index is 12.8. The first-order valence-electron chi connectivity index (χ1n) is 9.19. The number of fused-ring (bicyclic) bond motifs is 1. The number of rotatable bonds is 4. The molecule has 0 bridgehead atoms. The Balaban J connectivity index is 1.57. The molecule has 6 nitrogen and oxygen atoms in total. The molecular weight excluding hydrogens is 314 g/mol. The summed E-state index contributed by atoms with van der Waals surface area (Å²) in [5.41, 5.74) is 2.29. The van der Waals surface area contributed by atoms with Crippen molar-refractivity contribution in [3.05, 3.63) is 23.7 Å². The summed E-state index contributed by atoms with van der Waals surface area (Å²) in [6.45, 7) is 1.95. The number of amides is 1. The second-order valence-corrected chi connectivity index (χ2v) is 7.49. The highest BCUT2D eigenvalue weighted by molar-refractivity contribution is 6.04. The molecule has 2 aliphatic carbocycles. The minimum atomic E-state index is -0.453. The van der Waals surface area contributed by atoms with Crippen molar-refractivity contribution in [3.63, 3.8) is 0 Å². The maximum Gasteiger partial charge on any atom is 0.255 e. The van der Waals surface area contributed by atoms with Crippen LogP contribution in [0.5, 0.6) is 0 Å². The van der Waals surface area contributed by atoms with Crippen molar-refractivity contribution in [2.45, 2.75) is 63.8 Å². The first-order chi connectivity index (χ1) is 12.1. The molecule has 2 fully saturated rings. The highest BCUT2D eigenvalue weighted by Gasteiger charge is 2.39. The van der Waals surface area contributed by atoms with Gasteiger partial charge in [-0.25, -0.2) is 9.97 Å². The second-order valence-electron chi connectivity index (χ2n) is 7.49. The van der Waals surface area contributed by atoms with Gasteiger partial charge in [-0.15, -0.1) is 0 Å². The van der Waals surface area contributed by atoms with Gasteiger partial charge in [0.05, 0.1) is 28.9 Å². The van der Waals surface area contributed by atoms with Gasteiger partial charge in [0.1, 0.15) is 5.52 Å². The molecule has 0 aliphatic heterocycles. The third kappa shape index (κ3) is 2.88. The van der Waals surface area contributed by atoms with Crippen LogP contribution in [0, 0.1) is 16.7 Å². The monoisotopic (exact) mass is 337 g/mol. The SMILES string of the molecule is C[C@@H](NC(=O)c1c[nH]c2ncc(C3CC3)nc12)C1(C#N)CCCCC1. The van der Waals surface area contributed by atoms with E-state index >= 15 is 0 Å². The Morgan fingerprint density at radius 3 is 2.84 bits per heavy atom. The summed E-state index contributed by atoms with van der Waals surface area (Å²) in [6.07, 6.45) is 10.7. The zero-order chi connectivity index (χ0) is 17.4. The number of carbonyl (C=O) groups is 1. The average Bonchev–Trinajstić information content (AvgIpc) is 3.41. The molecule has 0 radical (unpaired) electrons. The van der Waals surface area contributed by atoms with Crippen molar-refractivity contribution in [2.24, 2.45) is 5.41 Å². The largest absolute Gasteiger partial charge is 0.348 e. The summed E-state index contributed by atoms with van der Waals surface area (Å²) in [4.78, 5) is 24.9. The first-order valence-corrected chi connectivity index (χ1v) is 9.19. The highest BCUT2D eigenvalue weighted by Crippen LogP contribution is 2.40. The summed E-state index contributed by atoms with van der Waals surface area (Å²) in [5, 5.41) is 12.8. The second kappa shape index (κ2) is 6.14. The van der Waals surface area contributed by atoms with Gasteiger partial charge in [-0.2, -0.15) is 5.26 Å². The molecular formula is C19H23N5O. The predicted octanol–water partition coefficient (Wildman–Crippen LogP) is 3.43. The Kier molecular flexibility index (Phi) is 3.95. The molecule has 0 aromatic carbocycles. The van der Waals surface area contributed by atoms with E-state index in [-0.39, 0.29) is 11.9 Å². The van der Waals surface area contributed by atoms with E-state index in [9.17, 15) is 10.1 Å². The smallest absolute Gasteiger partial charge is 0.255 e. The third-order valence-electron chi connectivity index (χ3n) is 5.78. The van der Waals surface area contributed by atoms with Crippen LogP contribution in [-0.4, -0.2) is 26.9 Å². The number of nitrogens with one attached hydrogen (secondary N) is 2. The molecule has 2 aromatic rings. The first kappa shape index (κ1) is 16.1. The Bertz CT molecular complexity index is 839. The minimum Gasteiger partial charge on any atom is -0.348 e. The number of carbonyl (C=O) groups excluding carboxylic acids is 1. The lowest BCUT2D eigenvalue weighted by atomic mass is 9.70. The Morgan fingerprint density at radius 1 is 1.40 bits per heavy atom. The molecule has 130 valence electrons. The number of aromatic amines is 1. The summed E-state index contributed by atoms with van der Waals surface area (Å²) in [7, 11) is 0. The molecule has 2 N–H and O–H groups in total. The van der Waals surface area contributed by atoms with Crippen molar-refractivity contribution in [1.82, 2.24) is 20.3 Å². The number of hydrogen-bond acceptors (Lipinski definition) is 4. The summed E-state index contributed by atoms with van der Waals surface area (Å²) in [6, 6.07) is 2.30. The molecule has 0 saturated heterocycles. The van der Waals surface area contributed by atoms with Crippen molar-refractivity contribution < 1.29 is 4.79 Å². The van der Waals surface area contributed by atoms with Gasteiger partial charge in [-0.3, -0.25) is 4.79 Å². The molecule has 6 heteroatoms. The maximum atomic E-state index is 12.8. The zero-order valence-corrected chi connectivity index (χ0v) is 14.5. The molecule has 0 unspecified atom stereocenters. The fraction of sp³-hybridized carbons (Fsp3) is 0.579. The molecule has 2 aliphatic rings. The fourth-order valence-corrected chi connectivity index (χ4v) is 3.89. The number of hydrogen-bond donors (Lipinski definition) is 2. The lowest BCUT2D eigenvalue weighted by Gasteiger charge is -2.36. The van der Waals surface area contributed by atoms with Crippen LogP contribution in [0.3, 0.4) is 0 Å². The van der Waals surface area contributed by atoms with Crippen molar-refractivity contribution in [3.8, 4) is 6.07 Å². The van der Waals surface area contributed by atoms with Crippen LogP contribution < -0.4 is 5.32 Å². The molecule has 4 rings (SSSR count). The van der Waals surface area contributed by atoms with E-state index in [1.54, 1.807) is 12.4 Å².